The molecule has 6 nitrogen and oxygen atoms in total. The van der Waals surface area contributed by atoms with Gasteiger partial charge in [0.1, 0.15) is 0 Å². The number of rotatable bonds is 6. The van der Waals surface area contributed by atoms with Crippen molar-refractivity contribution in [1.82, 2.24) is 4.31 Å². The minimum atomic E-state index is -3.66. The van der Waals surface area contributed by atoms with Gasteiger partial charge in [0.25, 0.3) is 0 Å². The fraction of sp³-hybridized carbons (Fsp3) is 0.611. The van der Waals surface area contributed by atoms with E-state index in [2.05, 4.69) is 0 Å². The summed E-state index contributed by atoms with van der Waals surface area (Å²) in [5, 5.41) is 9.15. The largest absolute Gasteiger partial charge is 0.481 e. The van der Waals surface area contributed by atoms with E-state index in [1.807, 2.05) is 6.92 Å². The van der Waals surface area contributed by atoms with Crippen LogP contribution in [0.5, 0.6) is 0 Å². The zero-order valence-corrected chi connectivity index (χ0v) is 16.1. The van der Waals surface area contributed by atoms with Crippen LogP contribution >= 0.6 is 0 Å². The molecule has 1 fully saturated rings. The average Bonchev–Trinajstić information content (AvgIpc) is 2.51. The fourth-order valence-electron chi connectivity index (χ4n) is 3.77. The van der Waals surface area contributed by atoms with Crippen LogP contribution in [0.3, 0.4) is 0 Å². The minimum absolute atomic E-state index is 0.174. The number of hydrogen-bond donors (Lipinski definition) is 1. The molecular weight excluding hydrogens is 342 g/mol. The van der Waals surface area contributed by atoms with Crippen molar-refractivity contribution in [2.75, 3.05) is 26.8 Å². The molecule has 1 aliphatic heterocycles. The van der Waals surface area contributed by atoms with Gasteiger partial charge < -0.3 is 9.84 Å². The standard InChI is InChI=1S/C18H27NO5S/c1-12-8-13(2)18(14(3)16(12)9-17(20)21)25(22,23)19-7-5-6-15(10-19)11-24-4/h8,15H,5-7,9-11H2,1-4H3,(H,20,21). The number of sulfonamides is 1. The molecule has 0 saturated carbocycles. The van der Waals surface area contributed by atoms with Gasteiger partial charge in [0, 0.05) is 20.2 Å². The highest BCUT2D eigenvalue weighted by Crippen LogP contribution is 2.31. The Bertz CT molecular complexity index is 755. The first kappa shape index (κ1) is 19.9. The molecule has 1 saturated heterocycles. The molecule has 0 spiro atoms. The molecule has 1 aliphatic rings. The van der Waals surface area contributed by atoms with Crippen molar-refractivity contribution in [2.45, 2.75) is 44.9 Å². The number of carboxylic acid groups (broad SMARTS) is 1. The van der Waals surface area contributed by atoms with Crippen molar-refractivity contribution in [3.05, 3.63) is 28.3 Å². The van der Waals surface area contributed by atoms with Crippen LogP contribution < -0.4 is 0 Å². The van der Waals surface area contributed by atoms with Crippen LogP contribution in [-0.4, -0.2) is 50.6 Å². The third kappa shape index (κ3) is 4.22. The molecule has 0 aliphatic carbocycles. The molecule has 1 aromatic carbocycles. The highest BCUT2D eigenvalue weighted by Gasteiger charge is 2.33. The molecule has 0 amide bonds. The predicted molar refractivity (Wildman–Crippen MR) is 95.4 cm³/mol. The summed E-state index contributed by atoms with van der Waals surface area (Å²) in [5.74, 6) is -0.769. The average molecular weight is 369 g/mol. The van der Waals surface area contributed by atoms with Gasteiger partial charge in [0.15, 0.2) is 0 Å². The Balaban J connectivity index is 2.46. The molecule has 2 rings (SSSR count). The van der Waals surface area contributed by atoms with Crippen LogP contribution in [-0.2, 0) is 26.0 Å². The molecule has 7 heteroatoms. The molecule has 140 valence electrons. The van der Waals surface area contributed by atoms with E-state index in [0.29, 0.717) is 36.4 Å². The molecule has 1 heterocycles. The summed E-state index contributed by atoms with van der Waals surface area (Å²) in [6.45, 7) is 6.78. The summed E-state index contributed by atoms with van der Waals surface area (Å²) in [7, 11) is -2.04. The second kappa shape index (κ2) is 7.85. The Morgan fingerprint density at radius 1 is 1.32 bits per heavy atom. The maximum Gasteiger partial charge on any atom is 0.307 e. The van der Waals surface area contributed by atoms with E-state index in [-0.39, 0.29) is 17.2 Å². The third-order valence-corrected chi connectivity index (χ3v) is 7.03. The van der Waals surface area contributed by atoms with Crippen LogP contribution in [0, 0.1) is 26.7 Å². The molecule has 25 heavy (non-hydrogen) atoms. The molecule has 1 N–H and O–H groups in total. The number of ether oxygens (including phenoxy) is 1. The Labute approximate surface area is 149 Å². The number of benzene rings is 1. The van der Waals surface area contributed by atoms with Gasteiger partial charge in [-0.05, 0) is 61.8 Å². The first-order valence-corrected chi connectivity index (χ1v) is 9.93. The van der Waals surface area contributed by atoms with Crippen molar-refractivity contribution in [3.8, 4) is 0 Å². The first-order chi connectivity index (χ1) is 11.7. The fourth-order valence-corrected chi connectivity index (χ4v) is 5.78. The lowest BCUT2D eigenvalue weighted by Gasteiger charge is -2.32. The van der Waals surface area contributed by atoms with E-state index in [0.717, 1.165) is 18.4 Å². The van der Waals surface area contributed by atoms with Gasteiger partial charge in [0.2, 0.25) is 10.0 Å². The topological polar surface area (TPSA) is 83.9 Å². The van der Waals surface area contributed by atoms with Crippen LogP contribution in [0.4, 0.5) is 0 Å². The zero-order valence-electron chi connectivity index (χ0n) is 15.3. The summed E-state index contributed by atoms with van der Waals surface area (Å²) in [6.07, 6.45) is 1.59. The van der Waals surface area contributed by atoms with E-state index in [9.17, 15) is 13.2 Å². The third-order valence-electron chi connectivity index (χ3n) is 4.87. The van der Waals surface area contributed by atoms with E-state index >= 15 is 0 Å². The van der Waals surface area contributed by atoms with Crippen molar-refractivity contribution in [1.29, 1.82) is 0 Å². The van der Waals surface area contributed by atoms with E-state index in [4.69, 9.17) is 9.84 Å². The van der Waals surface area contributed by atoms with Crippen LogP contribution in [0.2, 0.25) is 0 Å². The Morgan fingerprint density at radius 2 is 2.00 bits per heavy atom. The summed E-state index contributed by atoms with van der Waals surface area (Å²) in [6, 6.07) is 1.77. The zero-order chi connectivity index (χ0) is 18.8. The lowest BCUT2D eigenvalue weighted by Crippen LogP contribution is -2.41. The number of piperidine rings is 1. The van der Waals surface area contributed by atoms with Crippen LogP contribution in [0.25, 0.3) is 0 Å². The van der Waals surface area contributed by atoms with E-state index < -0.39 is 16.0 Å². The second-order valence-corrected chi connectivity index (χ2v) is 8.71. The summed E-state index contributed by atoms with van der Waals surface area (Å²) in [5.41, 5.74) is 2.61. The number of aliphatic carboxylic acids is 1. The van der Waals surface area contributed by atoms with Crippen LogP contribution in [0.15, 0.2) is 11.0 Å². The van der Waals surface area contributed by atoms with Crippen LogP contribution in [0.1, 0.15) is 35.1 Å². The highest BCUT2D eigenvalue weighted by atomic mass is 32.2. The Kier molecular flexibility index (Phi) is 6.24. The van der Waals surface area contributed by atoms with E-state index in [1.54, 1.807) is 27.0 Å². The van der Waals surface area contributed by atoms with Crippen molar-refractivity contribution in [3.63, 3.8) is 0 Å². The van der Waals surface area contributed by atoms with Gasteiger partial charge in [-0.2, -0.15) is 4.31 Å². The normalized spacial score (nSPS) is 19.1. The molecule has 1 aromatic rings. The molecule has 0 aromatic heterocycles. The van der Waals surface area contributed by atoms with Gasteiger partial charge in [-0.1, -0.05) is 6.07 Å². The maximum atomic E-state index is 13.3. The molecule has 1 atom stereocenters. The maximum absolute atomic E-state index is 13.3. The number of hydrogen-bond acceptors (Lipinski definition) is 4. The van der Waals surface area contributed by atoms with Crippen molar-refractivity contribution >= 4 is 16.0 Å². The number of aryl methyl sites for hydroxylation is 2. The minimum Gasteiger partial charge on any atom is -0.481 e. The van der Waals surface area contributed by atoms with Gasteiger partial charge in [-0.25, -0.2) is 8.42 Å². The molecular formula is C18H27NO5S. The Morgan fingerprint density at radius 3 is 2.60 bits per heavy atom. The number of carbonyl (C=O) groups is 1. The number of methoxy groups -OCH3 is 1. The second-order valence-electron chi connectivity index (χ2n) is 6.84. The lowest BCUT2D eigenvalue weighted by atomic mass is 9.97. The lowest BCUT2D eigenvalue weighted by molar-refractivity contribution is -0.136. The van der Waals surface area contributed by atoms with Gasteiger partial charge in [0.05, 0.1) is 17.9 Å². The summed E-state index contributed by atoms with van der Waals surface area (Å²) in [4.78, 5) is 11.4. The van der Waals surface area contributed by atoms with Gasteiger partial charge in [-0.3, -0.25) is 4.79 Å². The first-order valence-electron chi connectivity index (χ1n) is 8.49. The SMILES string of the molecule is COCC1CCCN(S(=O)(=O)c2c(C)cc(C)c(CC(=O)O)c2C)C1. The molecule has 1 unspecified atom stereocenters. The number of carboxylic acids is 1. The Hall–Kier alpha value is -1.44. The molecule has 0 bridgehead atoms. The van der Waals surface area contributed by atoms with E-state index in [1.165, 1.54) is 4.31 Å². The van der Waals surface area contributed by atoms with Crippen molar-refractivity contribution in [2.24, 2.45) is 5.92 Å². The predicted octanol–water partition coefficient (Wildman–Crippen LogP) is 2.29. The van der Waals surface area contributed by atoms with Gasteiger partial charge >= 0.3 is 5.97 Å². The summed E-state index contributed by atoms with van der Waals surface area (Å²) >= 11 is 0. The van der Waals surface area contributed by atoms with Gasteiger partial charge in [-0.15, -0.1) is 0 Å². The number of nitrogens with zero attached hydrogens (tertiary/aromatic N) is 1. The smallest absolute Gasteiger partial charge is 0.307 e. The molecule has 0 radical (unpaired) electrons. The highest BCUT2D eigenvalue weighted by molar-refractivity contribution is 7.89. The van der Waals surface area contributed by atoms with Crippen molar-refractivity contribution < 1.29 is 23.1 Å². The quantitative estimate of drug-likeness (QED) is 0.832. The monoisotopic (exact) mass is 369 g/mol. The summed E-state index contributed by atoms with van der Waals surface area (Å²) < 4.78 is 33.2.